The molecule has 10 heteroatoms. The van der Waals surface area contributed by atoms with E-state index >= 15 is 0 Å². The Bertz CT molecular complexity index is 1730. The van der Waals surface area contributed by atoms with Crippen LogP contribution in [0.3, 0.4) is 0 Å². The number of nitro groups is 1. The second-order valence-electron chi connectivity index (χ2n) is 10.1. The summed E-state index contributed by atoms with van der Waals surface area (Å²) in [5.41, 5.74) is 4.63. The molecular formula is C31H28N4O5S. The number of morpholine rings is 1. The molecule has 0 unspecified atom stereocenters. The van der Waals surface area contributed by atoms with E-state index in [1.54, 1.807) is 18.2 Å². The van der Waals surface area contributed by atoms with Crippen LogP contribution >= 0.6 is 11.8 Å². The van der Waals surface area contributed by atoms with E-state index in [9.17, 15) is 19.7 Å². The third-order valence-electron chi connectivity index (χ3n) is 7.60. The smallest absolute Gasteiger partial charge is 0.294 e. The van der Waals surface area contributed by atoms with Crippen LogP contribution in [0.2, 0.25) is 0 Å². The number of hydrogen-bond donors (Lipinski definition) is 0. The molecule has 9 nitrogen and oxygen atoms in total. The number of amides is 2. The normalized spacial score (nSPS) is 16.8. The van der Waals surface area contributed by atoms with Crippen molar-refractivity contribution in [2.24, 2.45) is 0 Å². The van der Waals surface area contributed by atoms with Crippen LogP contribution < -0.4 is 4.90 Å². The van der Waals surface area contributed by atoms with Gasteiger partial charge in [-0.1, -0.05) is 42.5 Å². The van der Waals surface area contributed by atoms with Gasteiger partial charge >= 0.3 is 0 Å². The number of thioether (sulfide) groups is 1. The van der Waals surface area contributed by atoms with Crippen molar-refractivity contribution in [1.29, 1.82) is 0 Å². The number of fused-ring (bicyclic) bond motifs is 1. The summed E-state index contributed by atoms with van der Waals surface area (Å²) in [5.74, 6) is -0.330. The van der Waals surface area contributed by atoms with Crippen molar-refractivity contribution in [3.8, 4) is 5.69 Å². The van der Waals surface area contributed by atoms with Crippen molar-refractivity contribution in [2.45, 2.75) is 20.4 Å². The predicted octanol–water partition coefficient (Wildman–Crippen LogP) is 6.23. The lowest BCUT2D eigenvalue weighted by molar-refractivity contribution is -0.384. The van der Waals surface area contributed by atoms with Crippen molar-refractivity contribution >= 4 is 51.1 Å². The van der Waals surface area contributed by atoms with Gasteiger partial charge in [-0.25, -0.2) is 0 Å². The quantitative estimate of drug-likeness (QED) is 0.155. The highest BCUT2D eigenvalue weighted by molar-refractivity contribution is 8.18. The summed E-state index contributed by atoms with van der Waals surface area (Å²) in [6, 6.07) is 21.0. The number of ether oxygens (including phenoxy) is 1. The molecule has 4 aromatic rings. The Kier molecular flexibility index (Phi) is 7.10. The van der Waals surface area contributed by atoms with Crippen LogP contribution in [0.15, 0.2) is 71.6 Å². The van der Waals surface area contributed by atoms with Gasteiger partial charge in [0.15, 0.2) is 0 Å². The first kappa shape index (κ1) is 26.8. The van der Waals surface area contributed by atoms with E-state index in [1.807, 2.05) is 77.9 Å². The Morgan fingerprint density at radius 2 is 1.76 bits per heavy atom. The second kappa shape index (κ2) is 10.9. The molecule has 1 aromatic heterocycles. The molecule has 3 heterocycles. The Morgan fingerprint density at radius 1 is 1.00 bits per heavy atom. The van der Waals surface area contributed by atoms with Gasteiger partial charge in [0.2, 0.25) is 0 Å². The molecule has 2 amide bonds. The highest BCUT2D eigenvalue weighted by Gasteiger charge is 2.35. The predicted molar refractivity (Wildman–Crippen MR) is 160 cm³/mol. The summed E-state index contributed by atoms with van der Waals surface area (Å²) in [6.07, 6.45) is 1.74. The first-order chi connectivity index (χ1) is 19.8. The van der Waals surface area contributed by atoms with Crippen molar-refractivity contribution in [1.82, 2.24) is 9.47 Å². The van der Waals surface area contributed by atoms with Crippen LogP contribution in [-0.4, -0.2) is 51.8 Å². The number of hydrogen-bond acceptors (Lipinski definition) is 7. The zero-order valence-electron chi connectivity index (χ0n) is 22.7. The minimum absolute atomic E-state index is 0.0352. The van der Waals surface area contributed by atoms with Crippen LogP contribution in [0.5, 0.6) is 0 Å². The third-order valence-corrected chi connectivity index (χ3v) is 8.51. The zero-order valence-corrected chi connectivity index (χ0v) is 23.5. The van der Waals surface area contributed by atoms with Crippen LogP contribution in [0.25, 0.3) is 22.5 Å². The van der Waals surface area contributed by atoms with E-state index in [-0.39, 0.29) is 28.3 Å². The van der Waals surface area contributed by atoms with E-state index in [0.29, 0.717) is 42.6 Å². The monoisotopic (exact) mass is 568 g/mol. The summed E-state index contributed by atoms with van der Waals surface area (Å²) in [7, 11) is 0. The Hall–Kier alpha value is -4.41. The average Bonchev–Trinajstić information content (AvgIpc) is 3.41. The molecule has 3 aromatic carbocycles. The molecule has 41 heavy (non-hydrogen) atoms. The van der Waals surface area contributed by atoms with Crippen molar-refractivity contribution in [3.05, 3.63) is 104 Å². The molecule has 2 aliphatic heterocycles. The molecule has 6 rings (SSSR count). The Morgan fingerprint density at radius 3 is 2.54 bits per heavy atom. The van der Waals surface area contributed by atoms with Gasteiger partial charge in [-0.15, -0.1) is 0 Å². The zero-order chi connectivity index (χ0) is 28.7. The van der Waals surface area contributed by atoms with Crippen molar-refractivity contribution in [3.63, 3.8) is 0 Å². The third kappa shape index (κ3) is 5.00. The van der Waals surface area contributed by atoms with Crippen molar-refractivity contribution < 1.29 is 19.2 Å². The highest BCUT2D eigenvalue weighted by Crippen LogP contribution is 2.37. The largest absolute Gasteiger partial charge is 0.378 e. The molecule has 0 radical (unpaired) electrons. The number of carbonyl (C=O) groups is 2. The van der Waals surface area contributed by atoms with Crippen LogP contribution in [0.4, 0.5) is 16.2 Å². The fourth-order valence-electron chi connectivity index (χ4n) is 5.58. The maximum Gasteiger partial charge on any atom is 0.294 e. The van der Waals surface area contributed by atoms with Gasteiger partial charge in [0.1, 0.15) is 5.69 Å². The Labute approximate surface area is 241 Å². The van der Waals surface area contributed by atoms with Gasteiger partial charge in [0.25, 0.3) is 16.8 Å². The minimum Gasteiger partial charge on any atom is -0.378 e. The van der Waals surface area contributed by atoms with Crippen LogP contribution in [-0.2, 0) is 16.1 Å². The molecule has 0 atom stereocenters. The molecule has 2 fully saturated rings. The fourth-order valence-corrected chi connectivity index (χ4v) is 6.41. The van der Waals surface area contributed by atoms with E-state index in [4.69, 9.17) is 4.74 Å². The lowest BCUT2D eigenvalue weighted by Gasteiger charge is -2.28. The summed E-state index contributed by atoms with van der Waals surface area (Å²) in [5, 5.41) is 13.8. The molecule has 0 aliphatic carbocycles. The summed E-state index contributed by atoms with van der Waals surface area (Å²) in [6.45, 7) is 6.28. The summed E-state index contributed by atoms with van der Waals surface area (Å²) < 4.78 is 7.33. The van der Waals surface area contributed by atoms with Crippen LogP contribution in [0.1, 0.15) is 22.5 Å². The SMILES string of the molecule is Cc1cc(/C=C2\SC(=O)N(Cc3cccc4ccccc34)C2=O)c(C)n1-c1ccc(N2CCOCC2)c([N+](=O)[O-])c1. The van der Waals surface area contributed by atoms with E-state index < -0.39 is 0 Å². The molecule has 2 aliphatic rings. The topological polar surface area (TPSA) is 97.9 Å². The van der Waals surface area contributed by atoms with Gasteiger partial charge in [-0.2, -0.15) is 0 Å². The maximum absolute atomic E-state index is 13.4. The molecule has 2 saturated heterocycles. The number of aryl methyl sites for hydroxylation is 1. The average molecular weight is 569 g/mol. The number of anilines is 1. The number of benzene rings is 3. The fraction of sp³-hybridized carbons (Fsp3) is 0.226. The van der Waals surface area contributed by atoms with Crippen molar-refractivity contribution in [2.75, 3.05) is 31.2 Å². The first-order valence-electron chi connectivity index (χ1n) is 13.3. The highest BCUT2D eigenvalue weighted by atomic mass is 32.2. The lowest BCUT2D eigenvalue weighted by Crippen LogP contribution is -2.36. The molecule has 208 valence electrons. The number of aromatic nitrogens is 1. The van der Waals surface area contributed by atoms with E-state index in [1.165, 1.54) is 4.90 Å². The van der Waals surface area contributed by atoms with E-state index in [0.717, 1.165) is 45.0 Å². The summed E-state index contributed by atoms with van der Waals surface area (Å²) in [4.78, 5) is 41.5. The number of carbonyl (C=O) groups excluding carboxylic acids is 2. The summed E-state index contributed by atoms with van der Waals surface area (Å²) >= 11 is 0.929. The van der Waals surface area contributed by atoms with Gasteiger partial charge in [-0.05, 0) is 71.8 Å². The van der Waals surface area contributed by atoms with Gasteiger partial charge in [0.05, 0.1) is 35.3 Å². The van der Waals surface area contributed by atoms with Gasteiger partial charge in [-0.3, -0.25) is 24.6 Å². The first-order valence-corrected chi connectivity index (χ1v) is 14.2. The molecule has 0 saturated carbocycles. The number of nitrogens with zero attached hydrogens (tertiary/aromatic N) is 4. The van der Waals surface area contributed by atoms with Crippen LogP contribution in [0, 0.1) is 24.0 Å². The molecule has 0 N–H and O–H groups in total. The number of nitro benzene ring substituents is 1. The van der Waals surface area contributed by atoms with Gasteiger partial charge in [0, 0.05) is 30.5 Å². The number of imide groups is 1. The minimum atomic E-state index is -0.352. The van der Waals surface area contributed by atoms with E-state index in [2.05, 4.69) is 0 Å². The molecule has 0 spiro atoms. The number of rotatable bonds is 6. The Balaban J connectivity index is 1.29. The van der Waals surface area contributed by atoms with Gasteiger partial charge < -0.3 is 14.2 Å². The maximum atomic E-state index is 13.4. The lowest BCUT2D eigenvalue weighted by atomic mass is 10.0. The second-order valence-corrected chi connectivity index (χ2v) is 11.1. The molecule has 0 bridgehead atoms. The standard InChI is InChI=1S/C31H28N4O5S/c1-20-16-24(21(2)34(20)25-10-11-27(28(18-25)35(38)39)32-12-14-40-15-13-32)17-29-30(36)33(31(37)41-29)19-23-8-5-7-22-6-3-4-9-26(22)23/h3-11,16-18H,12-15,19H2,1-2H3/b29-17-. The molecular weight excluding hydrogens is 540 g/mol.